The van der Waals surface area contributed by atoms with E-state index >= 15 is 0 Å². The van der Waals surface area contributed by atoms with Crippen molar-refractivity contribution in [1.82, 2.24) is 0 Å². The predicted molar refractivity (Wildman–Crippen MR) is 84.8 cm³/mol. The zero-order chi connectivity index (χ0) is 15.0. The highest BCUT2D eigenvalue weighted by Gasteiger charge is 2.35. The molecule has 1 aromatic rings. The lowest BCUT2D eigenvalue weighted by Gasteiger charge is -2.22. The van der Waals surface area contributed by atoms with Gasteiger partial charge in [-0.3, -0.25) is 4.57 Å². The molecule has 0 bridgehead atoms. The Kier molecular flexibility index (Phi) is 7.60. The first-order valence-electron chi connectivity index (χ1n) is 6.26. The van der Waals surface area contributed by atoms with Crippen molar-refractivity contribution in [1.29, 1.82) is 0 Å². The van der Waals surface area contributed by atoms with Gasteiger partial charge in [-0.15, -0.1) is 0 Å². The summed E-state index contributed by atoms with van der Waals surface area (Å²) in [6.07, 6.45) is 0.387. The molecule has 0 aliphatic heterocycles. The number of hydrogen-bond acceptors (Lipinski definition) is 5. The van der Waals surface area contributed by atoms with Gasteiger partial charge in [-0.05, 0) is 43.8 Å². The molecular weight excluding hydrogens is 317 g/mol. The Bertz CT molecular complexity index is 507. The van der Waals surface area contributed by atoms with Crippen LogP contribution in [0.3, 0.4) is 0 Å². The molecule has 0 spiro atoms. The van der Waals surface area contributed by atoms with Crippen molar-refractivity contribution in [2.75, 3.05) is 13.2 Å². The van der Waals surface area contributed by atoms with Gasteiger partial charge in [0, 0.05) is 11.4 Å². The third-order valence-electron chi connectivity index (χ3n) is 2.52. The first-order valence-corrected chi connectivity index (χ1v) is 8.65. The fourth-order valence-corrected chi connectivity index (χ4v) is 3.79. The molecule has 1 rings (SSSR count). The Labute approximate surface area is 129 Å². The Hall–Kier alpha value is -0.540. The minimum absolute atomic E-state index is 0.279. The van der Waals surface area contributed by atoms with Crippen LogP contribution in [-0.4, -0.2) is 24.2 Å². The zero-order valence-corrected chi connectivity index (χ0v) is 13.9. The van der Waals surface area contributed by atoms with Crippen molar-refractivity contribution in [2.45, 2.75) is 26.1 Å². The third kappa shape index (κ3) is 5.10. The Balaban J connectivity index is 2.99. The maximum absolute atomic E-state index is 12.7. The average molecular weight is 334 g/mol. The number of hydrogen-bond donors (Lipinski definition) is 0. The van der Waals surface area contributed by atoms with E-state index in [9.17, 15) is 4.57 Å². The van der Waals surface area contributed by atoms with Gasteiger partial charge in [-0.2, -0.15) is 0 Å². The maximum atomic E-state index is 12.7. The molecule has 4 nitrogen and oxygen atoms in total. The molecule has 1 atom stereocenters. The lowest BCUT2D eigenvalue weighted by Crippen LogP contribution is -2.14. The molecule has 0 amide bonds. The molecule has 0 aliphatic carbocycles. The summed E-state index contributed by atoms with van der Waals surface area (Å²) >= 11 is 10.5. The summed E-state index contributed by atoms with van der Waals surface area (Å²) in [4.78, 5) is 3.97. The minimum atomic E-state index is -3.35. The predicted octanol–water partition coefficient (Wildman–Crippen LogP) is 4.58. The third-order valence-corrected chi connectivity index (χ3v) is 5.14. The zero-order valence-electron chi connectivity index (χ0n) is 11.4. The summed E-state index contributed by atoms with van der Waals surface area (Å²) in [5, 5.41) is 2.91. The Morgan fingerprint density at radius 1 is 1.30 bits per heavy atom. The van der Waals surface area contributed by atoms with Gasteiger partial charge in [-0.25, -0.2) is 4.99 Å². The van der Waals surface area contributed by atoms with Crippen molar-refractivity contribution in [3.63, 3.8) is 0 Å². The lowest BCUT2D eigenvalue weighted by atomic mass is 10.1. The molecule has 0 N–H and O–H groups in total. The molecular formula is C13H17ClNO3PS. The van der Waals surface area contributed by atoms with E-state index in [1.165, 1.54) is 0 Å². The molecule has 0 aliphatic rings. The van der Waals surface area contributed by atoms with Crippen LogP contribution in [0.25, 0.3) is 0 Å². The number of benzene rings is 1. The van der Waals surface area contributed by atoms with Crippen LogP contribution in [0.15, 0.2) is 29.3 Å². The number of rotatable bonds is 8. The minimum Gasteiger partial charge on any atom is -0.307 e. The molecule has 0 saturated carbocycles. The topological polar surface area (TPSA) is 47.9 Å². The van der Waals surface area contributed by atoms with Crippen LogP contribution in [-0.2, 0) is 20.0 Å². The van der Waals surface area contributed by atoms with Gasteiger partial charge in [0.2, 0.25) is 0 Å². The van der Waals surface area contributed by atoms with Crippen molar-refractivity contribution in [3.8, 4) is 0 Å². The number of thiocarbonyl (C=S) groups is 1. The van der Waals surface area contributed by atoms with Gasteiger partial charge in [0.25, 0.3) is 0 Å². The van der Waals surface area contributed by atoms with Crippen molar-refractivity contribution in [3.05, 3.63) is 34.9 Å². The number of aliphatic imine (C=N–C) groups is 1. The van der Waals surface area contributed by atoms with E-state index in [1.807, 2.05) is 12.1 Å². The summed E-state index contributed by atoms with van der Waals surface area (Å²) < 4.78 is 23.3. The summed E-state index contributed by atoms with van der Waals surface area (Å²) in [6, 6.07) is 7.22. The lowest BCUT2D eigenvalue weighted by molar-refractivity contribution is 0.212. The number of halogens is 1. The highest BCUT2D eigenvalue weighted by atomic mass is 35.5. The monoisotopic (exact) mass is 333 g/mol. The molecule has 20 heavy (non-hydrogen) atoms. The van der Waals surface area contributed by atoms with Crippen LogP contribution in [0, 0.1) is 0 Å². The van der Waals surface area contributed by atoms with Gasteiger partial charge >= 0.3 is 7.60 Å². The van der Waals surface area contributed by atoms with Crippen LogP contribution in [0.5, 0.6) is 0 Å². The van der Waals surface area contributed by atoms with Gasteiger partial charge in [0.15, 0.2) is 5.78 Å². The second kappa shape index (κ2) is 8.68. The molecule has 1 unspecified atom stereocenters. The van der Waals surface area contributed by atoms with E-state index in [-0.39, 0.29) is 13.2 Å². The van der Waals surface area contributed by atoms with Gasteiger partial charge in [-0.1, -0.05) is 23.7 Å². The smallest absolute Gasteiger partial charge is 0.307 e. The fourth-order valence-electron chi connectivity index (χ4n) is 1.69. The Morgan fingerprint density at radius 3 is 2.30 bits per heavy atom. The molecule has 110 valence electrons. The fraction of sp³-hybridized carbons (Fsp3) is 0.462. The van der Waals surface area contributed by atoms with Crippen LogP contribution in [0.2, 0.25) is 5.02 Å². The van der Waals surface area contributed by atoms with Crippen LogP contribution in [0.4, 0.5) is 0 Å². The molecule has 0 heterocycles. The second-order valence-electron chi connectivity index (χ2n) is 3.91. The number of isothiocyanates is 1. The molecule has 0 fully saturated rings. The Morgan fingerprint density at radius 2 is 1.85 bits per heavy atom. The summed E-state index contributed by atoms with van der Waals surface area (Å²) in [5.41, 5.74) is 0.924. The molecule has 0 aromatic heterocycles. The quantitative estimate of drug-likeness (QED) is 0.397. The summed E-state index contributed by atoms with van der Waals surface area (Å²) in [6.45, 7) is 4.07. The van der Waals surface area contributed by atoms with Gasteiger partial charge < -0.3 is 9.05 Å². The van der Waals surface area contributed by atoms with Gasteiger partial charge in [0.05, 0.1) is 18.4 Å². The van der Waals surface area contributed by atoms with E-state index in [0.29, 0.717) is 11.4 Å². The number of nitrogens with zero attached hydrogens (tertiary/aromatic N) is 1. The highest BCUT2D eigenvalue weighted by Crippen LogP contribution is 2.54. The van der Waals surface area contributed by atoms with E-state index in [1.54, 1.807) is 26.0 Å². The van der Waals surface area contributed by atoms with Crippen molar-refractivity contribution < 1.29 is 13.6 Å². The van der Waals surface area contributed by atoms with Gasteiger partial charge in [0.1, 0.15) is 0 Å². The molecule has 0 radical (unpaired) electrons. The average Bonchev–Trinajstić information content (AvgIpc) is 2.41. The standard InChI is InChI=1S/C13H17ClNO3PS/c1-3-17-19(16,18-4-2)13(15-10-20)9-11-5-7-12(14)8-6-11/h5-8,13H,3-4,9H2,1-2H3. The molecule has 0 saturated heterocycles. The normalized spacial score (nSPS) is 12.8. The molecule has 1 aromatic carbocycles. The van der Waals surface area contributed by atoms with E-state index in [2.05, 4.69) is 22.4 Å². The second-order valence-corrected chi connectivity index (χ2v) is 6.72. The van der Waals surface area contributed by atoms with Crippen molar-refractivity contribution in [2.24, 2.45) is 4.99 Å². The van der Waals surface area contributed by atoms with Crippen LogP contribution in [0.1, 0.15) is 19.4 Å². The SMILES string of the molecule is CCOP(=O)(OCC)C(Cc1ccc(Cl)cc1)N=C=S. The van der Waals surface area contributed by atoms with Crippen molar-refractivity contribution >= 4 is 36.6 Å². The van der Waals surface area contributed by atoms with E-state index < -0.39 is 13.4 Å². The first kappa shape index (κ1) is 17.5. The molecule has 7 heteroatoms. The first-order chi connectivity index (χ1) is 9.55. The maximum Gasteiger partial charge on any atom is 0.356 e. The summed E-state index contributed by atoms with van der Waals surface area (Å²) in [7, 11) is -3.35. The van der Waals surface area contributed by atoms with Crippen LogP contribution >= 0.6 is 31.4 Å². The summed E-state index contributed by atoms with van der Waals surface area (Å²) in [5.74, 6) is -0.693. The van der Waals surface area contributed by atoms with E-state index in [4.69, 9.17) is 20.6 Å². The largest absolute Gasteiger partial charge is 0.356 e. The highest BCUT2D eigenvalue weighted by molar-refractivity contribution is 7.78. The van der Waals surface area contributed by atoms with E-state index in [0.717, 1.165) is 5.56 Å². The van der Waals surface area contributed by atoms with Crippen LogP contribution < -0.4 is 0 Å².